The van der Waals surface area contributed by atoms with Gasteiger partial charge in [-0.05, 0) is 32.4 Å². The second kappa shape index (κ2) is 11.6. The van der Waals surface area contributed by atoms with Gasteiger partial charge in [0.05, 0.1) is 19.8 Å². The van der Waals surface area contributed by atoms with Gasteiger partial charge in [0.2, 0.25) is 5.75 Å². The smallest absolute Gasteiger partial charge is 0.383 e. The second-order valence-electron chi connectivity index (χ2n) is 7.37. The topological polar surface area (TPSA) is 57.9 Å². The molecular formula is C23H34O5. The van der Waals surface area contributed by atoms with Crippen molar-refractivity contribution < 1.29 is 18.6 Å². The lowest BCUT2D eigenvalue weighted by Crippen LogP contribution is -2.11. The summed E-state index contributed by atoms with van der Waals surface area (Å²) in [6, 6.07) is 5.40. The number of methoxy groups -OCH3 is 1. The number of unbranched alkanes of at least 4 members (excludes halogenated alkanes) is 7. The third-order valence-corrected chi connectivity index (χ3v) is 4.62. The summed E-state index contributed by atoms with van der Waals surface area (Å²) in [5.41, 5.74) is -0.0995. The molecule has 156 valence electrons. The van der Waals surface area contributed by atoms with Crippen LogP contribution in [0.25, 0.3) is 11.0 Å². The molecule has 0 atom stereocenters. The van der Waals surface area contributed by atoms with Crippen molar-refractivity contribution in [2.45, 2.75) is 78.2 Å². The molecule has 0 spiro atoms. The Morgan fingerprint density at radius 3 is 2.29 bits per heavy atom. The maximum Gasteiger partial charge on any atom is 0.383 e. The van der Waals surface area contributed by atoms with Gasteiger partial charge in [0, 0.05) is 0 Å². The summed E-state index contributed by atoms with van der Waals surface area (Å²) in [7, 11) is 1.45. The first-order chi connectivity index (χ1) is 13.6. The van der Waals surface area contributed by atoms with Crippen LogP contribution in [0.2, 0.25) is 0 Å². The molecule has 5 nitrogen and oxygen atoms in total. The zero-order chi connectivity index (χ0) is 20.4. The number of rotatable bonds is 13. The molecule has 2 aromatic rings. The highest BCUT2D eigenvalue weighted by atomic mass is 16.5. The predicted octanol–water partition coefficient (Wildman–Crippen LogP) is 6.11. The fourth-order valence-electron chi connectivity index (χ4n) is 3.25. The van der Waals surface area contributed by atoms with E-state index in [9.17, 15) is 4.79 Å². The van der Waals surface area contributed by atoms with Crippen molar-refractivity contribution >= 4 is 11.0 Å². The van der Waals surface area contributed by atoms with Gasteiger partial charge in [-0.2, -0.15) is 0 Å². The van der Waals surface area contributed by atoms with Crippen molar-refractivity contribution in [1.82, 2.24) is 0 Å². The molecule has 5 heteroatoms. The molecule has 0 unspecified atom stereocenters. The van der Waals surface area contributed by atoms with E-state index in [-0.39, 0.29) is 11.9 Å². The number of hydrogen-bond acceptors (Lipinski definition) is 5. The minimum atomic E-state index is -0.539. The van der Waals surface area contributed by atoms with Crippen LogP contribution in [0.1, 0.15) is 72.1 Å². The van der Waals surface area contributed by atoms with E-state index in [2.05, 4.69) is 6.92 Å². The molecule has 0 fully saturated rings. The first-order valence-corrected chi connectivity index (χ1v) is 10.5. The van der Waals surface area contributed by atoms with Crippen molar-refractivity contribution in [1.29, 1.82) is 0 Å². The summed E-state index contributed by atoms with van der Waals surface area (Å²) < 4.78 is 22.6. The van der Waals surface area contributed by atoms with E-state index in [0.29, 0.717) is 29.1 Å². The van der Waals surface area contributed by atoms with Crippen molar-refractivity contribution in [3.05, 3.63) is 28.6 Å². The van der Waals surface area contributed by atoms with Gasteiger partial charge in [-0.25, -0.2) is 4.79 Å². The molecule has 0 aliphatic carbocycles. The highest BCUT2D eigenvalue weighted by molar-refractivity contribution is 5.91. The molecular weight excluding hydrogens is 356 g/mol. The quantitative estimate of drug-likeness (QED) is 0.305. The van der Waals surface area contributed by atoms with Gasteiger partial charge >= 0.3 is 5.63 Å². The zero-order valence-electron chi connectivity index (χ0n) is 17.7. The number of hydrogen-bond donors (Lipinski definition) is 0. The van der Waals surface area contributed by atoms with Crippen LogP contribution < -0.4 is 19.8 Å². The minimum absolute atomic E-state index is 0.0101. The Morgan fingerprint density at radius 1 is 0.964 bits per heavy atom. The van der Waals surface area contributed by atoms with Crippen LogP contribution in [0.4, 0.5) is 0 Å². The molecule has 0 saturated heterocycles. The monoisotopic (exact) mass is 390 g/mol. The Balaban J connectivity index is 2.08. The number of benzene rings is 1. The van der Waals surface area contributed by atoms with Gasteiger partial charge in [0.15, 0.2) is 5.75 Å². The summed E-state index contributed by atoms with van der Waals surface area (Å²) >= 11 is 0. The van der Waals surface area contributed by atoms with Crippen molar-refractivity contribution in [2.24, 2.45) is 0 Å². The average Bonchev–Trinajstić information content (AvgIpc) is 2.66. The Hall–Kier alpha value is -2.17. The Bertz CT molecular complexity index is 778. The normalized spacial score (nSPS) is 11.2. The molecule has 0 saturated carbocycles. The third kappa shape index (κ3) is 6.18. The molecule has 0 aliphatic rings. The summed E-state index contributed by atoms with van der Waals surface area (Å²) in [5.74, 6) is 1.13. The summed E-state index contributed by atoms with van der Waals surface area (Å²) in [6.07, 6.45) is 9.76. The lowest BCUT2D eigenvalue weighted by atomic mass is 10.1. The van der Waals surface area contributed by atoms with Crippen molar-refractivity contribution in [2.75, 3.05) is 13.7 Å². The van der Waals surface area contributed by atoms with E-state index in [1.54, 1.807) is 12.1 Å². The number of fused-ring (bicyclic) bond motifs is 1. The lowest BCUT2D eigenvalue weighted by molar-refractivity contribution is 0.242. The molecule has 0 aliphatic heterocycles. The van der Waals surface area contributed by atoms with Crippen molar-refractivity contribution in [3.8, 4) is 17.2 Å². The van der Waals surface area contributed by atoms with Crippen LogP contribution in [0.5, 0.6) is 17.2 Å². The second-order valence-corrected chi connectivity index (χ2v) is 7.37. The van der Waals surface area contributed by atoms with Gasteiger partial charge < -0.3 is 18.6 Å². The third-order valence-electron chi connectivity index (χ3n) is 4.62. The largest absolute Gasteiger partial charge is 0.490 e. The molecule has 2 rings (SSSR count). The van der Waals surface area contributed by atoms with Crippen LogP contribution in [0, 0.1) is 0 Å². The van der Waals surface area contributed by atoms with Crippen LogP contribution in [0.15, 0.2) is 27.4 Å². The predicted molar refractivity (Wildman–Crippen MR) is 113 cm³/mol. The summed E-state index contributed by atoms with van der Waals surface area (Å²) in [6.45, 7) is 6.67. The average molecular weight is 391 g/mol. The molecule has 0 radical (unpaired) electrons. The molecule has 0 N–H and O–H groups in total. The standard InChI is InChI=1S/C23H34O5/c1-5-6-7-8-9-10-11-12-16-26-21-20-18(27-17(2)3)14-13-15-19(20)28-23(24)22(21)25-4/h13-15,17H,5-12,16H2,1-4H3. The van der Waals surface area contributed by atoms with Gasteiger partial charge in [0.1, 0.15) is 16.7 Å². The Kier molecular flexibility index (Phi) is 9.18. The first-order valence-electron chi connectivity index (χ1n) is 10.5. The van der Waals surface area contributed by atoms with Crippen LogP contribution in [-0.2, 0) is 0 Å². The van der Waals surface area contributed by atoms with E-state index in [4.69, 9.17) is 18.6 Å². The Labute approximate surface area is 168 Å². The maximum atomic E-state index is 12.3. The SMILES string of the molecule is CCCCCCCCCCOc1c(OC)c(=O)oc2cccc(OC(C)C)c12. The summed E-state index contributed by atoms with van der Waals surface area (Å²) in [4.78, 5) is 12.3. The molecule has 0 amide bonds. The summed E-state index contributed by atoms with van der Waals surface area (Å²) in [5, 5.41) is 0.646. The molecule has 1 aromatic carbocycles. The van der Waals surface area contributed by atoms with E-state index in [1.165, 1.54) is 45.6 Å². The molecule has 1 heterocycles. The highest BCUT2D eigenvalue weighted by Crippen LogP contribution is 2.39. The Morgan fingerprint density at radius 2 is 1.64 bits per heavy atom. The van der Waals surface area contributed by atoms with Gasteiger partial charge in [0.25, 0.3) is 0 Å². The maximum absolute atomic E-state index is 12.3. The van der Waals surface area contributed by atoms with Gasteiger partial charge in [-0.15, -0.1) is 0 Å². The zero-order valence-corrected chi connectivity index (χ0v) is 17.7. The molecule has 1 aromatic heterocycles. The minimum Gasteiger partial charge on any atom is -0.490 e. The van der Waals surface area contributed by atoms with E-state index in [0.717, 1.165) is 12.8 Å². The van der Waals surface area contributed by atoms with Gasteiger partial charge in [-0.1, -0.05) is 57.9 Å². The fourth-order valence-corrected chi connectivity index (χ4v) is 3.25. The van der Waals surface area contributed by atoms with E-state index in [1.807, 2.05) is 19.9 Å². The lowest BCUT2D eigenvalue weighted by Gasteiger charge is -2.16. The van der Waals surface area contributed by atoms with Crippen LogP contribution in [0.3, 0.4) is 0 Å². The highest BCUT2D eigenvalue weighted by Gasteiger charge is 2.20. The van der Waals surface area contributed by atoms with Gasteiger partial charge in [-0.3, -0.25) is 0 Å². The van der Waals surface area contributed by atoms with Crippen LogP contribution in [-0.4, -0.2) is 19.8 Å². The van der Waals surface area contributed by atoms with Crippen molar-refractivity contribution in [3.63, 3.8) is 0 Å². The first kappa shape index (κ1) is 22.1. The fraction of sp³-hybridized carbons (Fsp3) is 0.609. The van der Waals surface area contributed by atoms with E-state index < -0.39 is 5.63 Å². The number of ether oxygens (including phenoxy) is 3. The molecule has 0 bridgehead atoms. The van der Waals surface area contributed by atoms with Crippen LogP contribution >= 0.6 is 0 Å². The molecule has 28 heavy (non-hydrogen) atoms. The van der Waals surface area contributed by atoms with E-state index >= 15 is 0 Å².